The number of nitrogens with one attached hydrogen (secondary N) is 2. The van der Waals surface area contributed by atoms with E-state index in [9.17, 15) is 18.0 Å². The molecule has 0 atom stereocenters. The molecule has 1 aliphatic rings. The molecule has 134 valence electrons. The molecule has 0 unspecified atom stereocenters. The number of hydrogen-bond acceptors (Lipinski definition) is 4. The van der Waals surface area contributed by atoms with Gasteiger partial charge in [0, 0.05) is 37.4 Å². The Labute approximate surface area is 146 Å². The number of hydrogen-bond donors (Lipinski definition) is 2. The second-order valence-electron chi connectivity index (χ2n) is 6.25. The molecule has 0 radical (unpaired) electrons. The van der Waals surface area contributed by atoms with Crippen LogP contribution in [0.3, 0.4) is 0 Å². The Morgan fingerprint density at radius 3 is 2.64 bits per heavy atom. The maximum absolute atomic E-state index is 12.6. The Hall–Kier alpha value is -2.35. The third-order valence-electron chi connectivity index (χ3n) is 4.65. The number of aromatic nitrogens is 1. The lowest BCUT2D eigenvalue weighted by atomic mass is 10.1. The Bertz CT molecular complexity index is 896. The average Bonchev–Trinajstić information content (AvgIpc) is 3.08. The van der Waals surface area contributed by atoms with Gasteiger partial charge in [-0.1, -0.05) is 6.07 Å². The number of likely N-dealkylation sites (tertiary alicyclic amines) is 1. The molecule has 2 heterocycles. The van der Waals surface area contributed by atoms with E-state index in [4.69, 9.17) is 0 Å². The Morgan fingerprint density at radius 1 is 1.24 bits per heavy atom. The first-order valence-electron chi connectivity index (χ1n) is 8.19. The molecule has 0 spiro atoms. The second kappa shape index (κ2) is 6.87. The number of piperidine rings is 1. The molecule has 25 heavy (non-hydrogen) atoms. The summed E-state index contributed by atoms with van der Waals surface area (Å²) in [6.07, 6.45) is 2.54. The minimum Gasteiger partial charge on any atom is -0.361 e. The molecule has 1 aliphatic heterocycles. The number of carbonyl (C=O) groups is 2. The zero-order valence-electron chi connectivity index (χ0n) is 14.0. The van der Waals surface area contributed by atoms with Crippen molar-refractivity contribution in [2.45, 2.75) is 18.1 Å². The lowest BCUT2D eigenvalue weighted by molar-refractivity contribution is -0.118. The summed E-state index contributed by atoms with van der Waals surface area (Å²) in [7, 11) is -2.07. The first-order valence-corrected chi connectivity index (χ1v) is 9.91. The van der Waals surface area contributed by atoms with Gasteiger partial charge in [0.15, 0.2) is 9.84 Å². The number of amides is 2. The van der Waals surface area contributed by atoms with Crippen LogP contribution in [0.5, 0.6) is 0 Å². The van der Waals surface area contributed by atoms with E-state index in [-0.39, 0.29) is 5.91 Å². The maximum atomic E-state index is 12.6. The van der Waals surface area contributed by atoms with E-state index in [0.29, 0.717) is 31.5 Å². The van der Waals surface area contributed by atoms with E-state index >= 15 is 0 Å². The third kappa shape index (κ3) is 3.68. The molecule has 2 aromatic rings. The molecule has 1 aromatic heterocycles. The lowest BCUT2D eigenvalue weighted by Crippen LogP contribution is -2.44. The van der Waals surface area contributed by atoms with Crippen molar-refractivity contribution in [2.75, 3.05) is 25.9 Å². The largest absolute Gasteiger partial charge is 0.361 e. The first kappa shape index (κ1) is 17.5. The summed E-state index contributed by atoms with van der Waals surface area (Å²) in [5, 5.41) is 2.80. The summed E-state index contributed by atoms with van der Waals surface area (Å²) >= 11 is 0. The number of aromatic amines is 1. The van der Waals surface area contributed by atoms with Crippen LogP contribution in [0.2, 0.25) is 0 Å². The summed E-state index contributed by atoms with van der Waals surface area (Å²) in [6, 6.07) is 7.42. The zero-order chi connectivity index (χ0) is 18.0. The second-order valence-corrected chi connectivity index (χ2v) is 8.53. The number of nitrogens with zero attached hydrogens (tertiary/aromatic N) is 1. The van der Waals surface area contributed by atoms with Gasteiger partial charge in [0.2, 0.25) is 5.91 Å². The van der Waals surface area contributed by atoms with Gasteiger partial charge >= 0.3 is 0 Å². The molecule has 7 nitrogen and oxygen atoms in total. The smallest absolute Gasteiger partial charge is 0.253 e. The summed E-state index contributed by atoms with van der Waals surface area (Å²) in [5.41, 5.74) is 1.48. The number of fused-ring (bicyclic) bond motifs is 1. The number of sulfone groups is 1. The van der Waals surface area contributed by atoms with Crippen LogP contribution in [0, 0.1) is 0 Å². The van der Waals surface area contributed by atoms with Crippen molar-refractivity contribution < 1.29 is 18.0 Å². The van der Waals surface area contributed by atoms with Crippen LogP contribution in [0.25, 0.3) is 10.9 Å². The first-order chi connectivity index (χ1) is 11.9. The van der Waals surface area contributed by atoms with Gasteiger partial charge in [-0.2, -0.15) is 0 Å². The molecular formula is C17H21N3O4S. The van der Waals surface area contributed by atoms with E-state index in [1.165, 1.54) is 7.05 Å². The van der Waals surface area contributed by atoms with Crippen LogP contribution in [-0.2, 0) is 14.6 Å². The summed E-state index contributed by atoms with van der Waals surface area (Å²) in [5.74, 6) is -1.09. The lowest BCUT2D eigenvalue weighted by Gasteiger charge is -2.31. The number of carbonyl (C=O) groups excluding carboxylic acids is 2. The van der Waals surface area contributed by atoms with Gasteiger partial charge in [-0.3, -0.25) is 9.59 Å². The molecule has 2 N–H and O–H groups in total. The normalized spacial score (nSPS) is 16.1. The molecule has 1 fully saturated rings. The van der Waals surface area contributed by atoms with Gasteiger partial charge in [-0.25, -0.2) is 8.42 Å². The highest BCUT2D eigenvalue weighted by molar-refractivity contribution is 7.92. The topological polar surface area (TPSA) is 99.3 Å². The van der Waals surface area contributed by atoms with Crippen LogP contribution in [0.1, 0.15) is 23.2 Å². The maximum Gasteiger partial charge on any atom is 0.253 e. The molecule has 8 heteroatoms. The van der Waals surface area contributed by atoms with E-state index in [1.807, 2.05) is 24.4 Å². The van der Waals surface area contributed by atoms with Gasteiger partial charge < -0.3 is 15.2 Å². The fraction of sp³-hybridized carbons (Fsp3) is 0.412. The fourth-order valence-electron chi connectivity index (χ4n) is 3.15. The molecule has 0 aliphatic carbocycles. The minimum absolute atomic E-state index is 0.0985. The van der Waals surface area contributed by atoms with Crippen molar-refractivity contribution in [3.63, 3.8) is 0 Å². The highest BCUT2D eigenvalue weighted by Crippen LogP contribution is 2.21. The minimum atomic E-state index is -3.48. The van der Waals surface area contributed by atoms with Gasteiger partial charge in [-0.15, -0.1) is 0 Å². The molecule has 3 rings (SSSR count). The standard InChI is InChI=1S/C17H21N3O4S/c1-18-16(21)11-25(23,24)14-5-8-20(9-6-14)17(22)13-3-2-12-4-7-19-15(12)10-13/h2-4,7,10,14,19H,5-6,8-9,11H2,1H3,(H,18,21). The van der Waals surface area contributed by atoms with Gasteiger partial charge in [0.1, 0.15) is 5.75 Å². The zero-order valence-corrected chi connectivity index (χ0v) is 14.8. The van der Waals surface area contributed by atoms with Crippen molar-refractivity contribution in [3.8, 4) is 0 Å². The summed E-state index contributed by atoms with van der Waals surface area (Å²) < 4.78 is 24.5. The van der Waals surface area contributed by atoms with Crippen LogP contribution in [0.15, 0.2) is 30.5 Å². The van der Waals surface area contributed by atoms with Crippen LogP contribution < -0.4 is 5.32 Å². The van der Waals surface area contributed by atoms with Gasteiger partial charge in [0.25, 0.3) is 5.91 Å². The van der Waals surface area contributed by atoms with Crippen LogP contribution in [-0.4, -0.2) is 61.3 Å². The van der Waals surface area contributed by atoms with Crippen molar-refractivity contribution in [3.05, 3.63) is 36.0 Å². The molecule has 1 aromatic carbocycles. The van der Waals surface area contributed by atoms with Crippen molar-refractivity contribution in [1.29, 1.82) is 0 Å². The van der Waals surface area contributed by atoms with Gasteiger partial charge in [-0.05, 0) is 36.4 Å². The quantitative estimate of drug-likeness (QED) is 0.844. The van der Waals surface area contributed by atoms with Crippen LogP contribution >= 0.6 is 0 Å². The van der Waals surface area contributed by atoms with E-state index in [0.717, 1.165) is 10.9 Å². The fourth-order valence-corrected chi connectivity index (χ4v) is 4.83. The predicted molar refractivity (Wildman–Crippen MR) is 95.1 cm³/mol. The molecule has 1 saturated heterocycles. The number of H-pyrrole nitrogens is 1. The Kier molecular flexibility index (Phi) is 4.80. The highest BCUT2D eigenvalue weighted by atomic mass is 32.2. The Morgan fingerprint density at radius 2 is 1.96 bits per heavy atom. The summed E-state index contributed by atoms with van der Waals surface area (Å²) in [6.45, 7) is 0.748. The van der Waals surface area contributed by atoms with Crippen molar-refractivity contribution in [2.24, 2.45) is 0 Å². The molecule has 0 saturated carbocycles. The SMILES string of the molecule is CNC(=O)CS(=O)(=O)C1CCN(C(=O)c2ccc3cc[nH]c3c2)CC1. The highest BCUT2D eigenvalue weighted by Gasteiger charge is 2.33. The number of benzene rings is 1. The van der Waals surface area contributed by atoms with E-state index in [1.54, 1.807) is 11.0 Å². The van der Waals surface area contributed by atoms with Gasteiger partial charge in [0.05, 0.1) is 5.25 Å². The molecule has 0 bridgehead atoms. The Balaban J connectivity index is 1.65. The number of rotatable bonds is 4. The van der Waals surface area contributed by atoms with E-state index in [2.05, 4.69) is 10.3 Å². The van der Waals surface area contributed by atoms with Crippen LogP contribution in [0.4, 0.5) is 0 Å². The van der Waals surface area contributed by atoms with Crippen molar-refractivity contribution >= 4 is 32.6 Å². The van der Waals surface area contributed by atoms with Crippen molar-refractivity contribution in [1.82, 2.24) is 15.2 Å². The average molecular weight is 363 g/mol. The summed E-state index contributed by atoms with van der Waals surface area (Å²) in [4.78, 5) is 28.8. The third-order valence-corrected chi connectivity index (χ3v) is 6.80. The monoisotopic (exact) mass is 363 g/mol. The molecular weight excluding hydrogens is 342 g/mol. The predicted octanol–water partition coefficient (Wildman–Crippen LogP) is 0.933. The van der Waals surface area contributed by atoms with E-state index < -0.39 is 26.7 Å². The molecule has 2 amide bonds.